The van der Waals surface area contributed by atoms with Crippen molar-refractivity contribution in [1.82, 2.24) is 15.1 Å². The predicted octanol–water partition coefficient (Wildman–Crippen LogP) is 0.775. The molecular formula is C14H27N5O. The maximum absolute atomic E-state index is 12.0. The average molecular weight is 281 g/mol. The first-order valence-electron chi connectivity index (χ1n) is 7.19. The third-order valence-electron chi connectivity index (χ3n) is 3.53. The maximum Gasteiger partial charge on any atom is 0.317 e. The number of amides is 2. The highest BCUT2D eigenvalue weighted by molar-refractivity contribution is 5.74. The van der Waals surface area contributed by atoms with Crippen molar-refractivity contribution in [1.29, 1.82) is 0 Å². The van der Waals surface area contributed by atoms with Crippen LogP contribution in [0.3, 0.4) is 0 Å². The van der Waals surface area contributed by atoms with Crippen LogP contribution < -0.4 is 16.8 Å². The van der Waals surface area contributed by atoms with Crippen LogP contribution in [0.5, 0.6) is 0 Å². The Morgan fingerprint density at radius 1 is 1.55 bits per heavy atom. The van der Waals surface area contributed by atoms with E-state index in [1.54, 1.807) is 17.1 Å². The summed E-state index contributed by atoms with van der Waals surface area (Å²) >= 11 is 0. The zero-order chi connectivity index (χ0) is 15.0. The van der Waals surface area contributed by atoms with Gasteiger partial charge in [0.25, 0.3) is 0 Å². The Kier molecular flexibility index (Phi) is 6.76. The Hall–Kier alpha value is -1.85. The van der Waals surface area contributed by atoms with E-state index in [1.807, 2.05) is 14.0 Å². The molecule has 5 N–H and O–H groups in total. The van der Waals surface area contributed by atoms with E-state index in [9.17, 15) is 4.79 Å². The monoisotopic (exact) mass is 281 g/mol. The molecular weight excluding hydrogens is 254 g/mol. The molecule has 20 heavy (non-hydrogen) atoms. The molecule has 0 aromatic heterocycles. The number of carbonyl (C=O) groups is 1. The van der Waals surface area contributed by atoms with Crippen LogP contribution in [0.15, 0.2) is 24.2 Å². The molecule has 1 aliphatic rings. The molecule has 6 heteroatoms. The molecule has 0 bridgehead atoms. The number of nitrogens with two attached hydrogens (primary N) is 2. The van der Waals surface area contributed by atoms with E-state index < -0.39 is 0 Å². The number of piperidine rings is 1. The van der Waals surface area contributed by atoms with Crippen molar-refractivity contribution >= 4 is 6.03 Å². The lowest BCUT2D eigenvalue weighted by Crippen LogP contribution is -2.51. The summed E-state index contributed by atoms with van der Waals surface area (Å²) in [6, 6.07) is 0.178. The van der Waals surface area contributed by atoms with Gasteiger partial charge in [0.15, 0.2) is 0 Å². The van der Waals surface area contributed by atoms with Crippen molar-refractivity contribution in [2.24, 2.45) is 11.5 Å². The molecule has 1 atom stereocenters. The fraction of sp³-hybridized carbons (Fsp3) is 0.643. The van der Waals surface area contributed by atoms with Crippen molar-refractivity contribution in [3.05, 3.63) is 24.2 Å². The van der Waals surface area contributed by atoms with Crippen LogP contribution in [-0.4, -0.2) is 48.6 Å². The molecule has 0 aliphatic carbocycles. The van der Waals surface area contributed by atoms with Gasteiger partial charge in [0.05, 0.1) is 11.9 Å². The first kappa shape index (κ1) is 16.2. The van der Waals surface area contributed by atoms with Gasteiger partial charge in [0.2, 0.25) is 0 Å². The minimum Gasteiger partial charge on any atom is -0.405 e. The van der Waals surface area contributed by atoms with Gasteiger partial charge in [-0.25, -0.2) is 4.79 Å². The van der Waals surface area contributed by atoms with Crippen molar-refractivity contribution in [3.8, 4) is 0 Å². The molecule has 0 saturated carbocycles. The average Bonchev–Trinajstić information content (AvgIpc) is 2.49. The molecule has 114 valence electrons. The van der Waals surface area contributed by atoms with Crippen LogP contribution in [0.25, 0.3) is 0 Å². The molecule has 1 unspecified atom stereocenters. The number of hydrogen-bond donors (Lipinski definition) is 3. The summed E-state index contributed by atoms with van der Waals surface area (Å²) in [6.45, 7) is 4.43. The van der Waals surface area contributed by atoms with Crippen molar-refractivity contribution in [2.45, 2.75) is 32.2 Å². The number of allylic oxidation sites excluding steroid dienone is 2. The predicted molar refractivity (Wildman–Crippen MR) is 81.6 cm³/mol. The molecule has 1 saturated heterocycles. The number of nitrogens with one attached hydrogen (secondary N) is 1. The topological polar surface area (TPSA) is 87.6 Å². The van der Waals surface area contributed by atoms with Crippen molar-refractivity contribution < 1.29 is 4.79 Å². The molecule has 0 aromatic carbocycles. The van der Waals surface area contributed by atoms with Gasteiger partial charge >= 0.3 is 6.03 Å². The summed E-state index contributed by atoms with van der Waals surface area (Å²) in [5.41, 5.74) is 11.3. The molecule has 1 rings (SSSR count). The highest BCUT2D eigenvalue weighted by atomic mass is 16.2. The minimum atomic E-state index is -0.0110. The normalized spacial score (nSPS) is 20.2. The van der Waals surface area contributed by atoms with E-state index >= 15 is 0 Å². The zero-order valence-electron chi connectivity index (χ0n) is 12.5. The van der Waals surface area contributed by atoms with E-state index in [1.165, 1.54) is 6.20 Å². The van der Waals surface area contributed by atoms with Gasteiger partial charge in [-0.3, -0.25) is 0 Å². The van der Waals surface area contributed by atoms with Gasteiger partial charge in [0.1, 0.15) is 0 Å². The molecule has 1 aliphatic heterocycles. The highest BCUT2D eigenvalue weighted by Crippen LogP contribution is 2.17. The van der Waals surface area contributed by atoms with Crippen LogP contribution in [-0.2, 0) is 0 Å². The molecule has 0 spiro atoms. The Morgan fingerprint density at radius 3 is 2.95 bits per heavy atom. The maximum atomic E-state index is 12.0. The Bertz CT molecular complexity index is 367. The number of hydrogen-bond acceptors (Lipinski definition) is 4. The molecule has 6 nitrogen and oxygen atoms in total. The van der Waals surface area contributed by atoms with Crippen molar-refractivity contribution in [2.75, 3.05) is 26.7 Å². The second-order valence-corrected chi connectivity index (χ2v) is 5.06. The van der Waals surface area contributed by atoms with E-state index in [-0.39, 0.29) is 12.1 Å². The third kappa shape index (κ3) is 4.68. The van der Waals surface area contributed by atoms with Crippen LogP contribution in [0.2, 0.25) is 0 Å². The lowest BCUT2D eigenvalue weighted by Gasteiger charge is -2.38. The Balaban J connectivity index is 2.57. The SMILES string of the molecule is CCCNC(=O)N(C)C1CCCN(/C(N)=C/C=C\N)C1. The van der Waals surface area contributed by atoms with Crippen molar-refractivity contribution in [3.63, 3.8) is 0 Å². The Labute approximate surface area is 121 Å². The largest absolute Gasteiger partial charge is 0.405 e. The van der Waals surface area contributed by atoms with Gasteiger partial charge in [0, 0.05) is 26.7 Å². The summed E-state index contributed by atoms with van der Waals surface area (Å²) in [6.07, 6.45) is 7.94. The van der Waals surface area contributed by atoms with E-state index in [0.717, 1.165) is 32.4 Å². The quantitative estimate of drug-likeness (QED) is 0.650. The second-order valence-electron chi connectivity index (χ2n) is 5.06. The van der Waals surface area contributed by atoms with Gasteiger partial charge in [-0.2, -0.15) is 0 Å². The van der Waals surface area contributed by atoms with Crippen LogP contribution in [0, 0.1) is 0 Å². The number of nitrogens with zero attached hydrogens (tertiary/aromatic N) is 2. The molecule has 1 heterocycles. The lowest BCUT2D eigenvalue weighted by atomic mass is 10.0. The standard InChI is InChI=1S/C14H27N5O/c1-3-9-17-14(20)18(2)12-6-5-10-19(11-12)13(16)7-4-8-15/h4,7-8,12H,3,5-6,9-11,15-16H2,1-2H3,(H,17,20)/b8-4-,13-7+. The summed E-state index contributed by atoms with van der Waals surface area (Å²) < 4.78 is 0. The summed E-state index contributed by atoms with van der Waals surface area (Å²) in [7, 11) is 1.85. The van der Waals surface area contributed by atoms with E-state index in [4.69, 9.17) is 11.5 Å². The number of likely N-dealkylation sites (tertiary alicyclic amines) is 1. The smallest absolute Gasteiger partial charge is 0.317 e. The molecule has 0 radical (unpaired) electrons. The Morgan fingerprint density at radius 2 is 2.30 bits per heavy atom. The number of carbonyl (C=O) groups excluding carboxylic acids is 1. The molecule has 0 aromatic rings. The number of urea groups is 1. The van der Waals surface area contributed by atoms with Crippen LogP contribution >= 0.6 is 0 Å². The van der Waals surface area contributed by atoms with Crippen LogP contribution in [0.4, 0.5) is 4.79 Å². The third-order valence-corrected chi connectivity index (χ3v) is 3.53. The van der Waals surface area contributed by atoms with Gasteiger partial charge in [-0.1, -0.05) is 6.92 Å². The van der Waals surface area contributed by atoms with Gasteiger partial charge in [-0.15, -0.1) is 0 Å². The summed E-state index contributed by atoms with van der Waals surface area (Å²) in [5.74, 6) is 0.693. The molecule has 1 fully saturated rings. The fourth-order valence-electron chi connectivity index (χ4n) is 2.29. The second kappa shape index (κ2) is 8.35. The van der Waals surface area contributed by atoms with Crippen LogP contribution in [0.1, 0.15) is 26.2 Å². The highest BCUT2D eigenvalue weighted by Gasteiger charge is 2.26. The lowest BCUT2D eigenvalue weighted by molar-refractivity contribution is 0.143. The van der Waals surface area contributed by atoms with Gasteiger partial charge < -0.3 is 26.6 Å². The number of likely N-dealkylation sites (N-methyl/N-ethyl adjacent to an activating group) is 1. The van der Waals surface area contributed by atoms with E-state index in [2.05, 4.69) is 10.2 Å². The first-order valence-corrected chi connectivity index (χ1v) is 7.19. The molecule has 2 amide bonds. The minimum absolute atomic E-state index is 0.0110. The summed E-state index contributed by atoms with van der Waals surface area (Å²) in [5, 5.41) is 2.90. The first-order chi connectivity index (χ1) is 9.60. The van der Waals surface area contributed by atoms with Gasteiger partial charge in [-0.05, 0) is 37.6 Å². The fourth-order valence-corrected chi connectivity index (χ4v) is 2.29. The number of rotatable bonds is 5. The van der Waals surface area contributed by atoms with E-state index in [0.29, 0.717) is 12.4 Å². The summed E-state index contributed by atoms with van der Waals surface area (Å²) in [4.78, 5) is 15.9. The zero-order valence-corrected chi connectivity index (χ0v) is 12.5.